The fourth-order valence-corrected chi connectivity index (χ4v) is 2.16. The van der Waals surface area contributed by atoms with E-state index in [2.05, 4.69) is 11.8 Å². The van der Waals surface area contributed by atoms with Gasteiger partial charge in [0.05, 0.1) is 5.02 Å². The number of nitrogens with zero attached hydrogens (tertiary/aromatic N) is 1. The minimum Gasteiger partial charge on any atom is -0.479 e. The van der Waals surface area contributed by atoms with Crippen LogP contribution in [0.5, 0.6) is 5.75 Å². The third-order valence-corrected chi connectivity index (χ3v) is 3.31. The van der Waals surface area contributed by atoms with Gasteiger partial charge in [-0.15, -0.1) is 0 Å². The molecule has 0 heterocycles. The minimum atomic E-state index is -0.440. The number of hydrogen-bond acceptors (Lipinski definition) is 2. The molecule has 23 heavy (non-hydrogen) atoms. The Hall–Kier alpha value is -2.51. The quantitative estimate of drug-likeness (QED) is 0.795. The third-order valence-electron chi connectivity index (χ3n) is 3.02. The van der Waals surface area contributed by atoms with E-state index in [0.717, 1.165) is 11.8 Å². The van der Waals surface area contributed by atoms with Crippen LogP contribution in [0.1, 0.15) is 6.92 Å². The Balaban J connectivity index is 1.97. The molecule has 0 fully saturated rings. The van der Waals surface area contributed by atoms with Crippen LogP contribution in [0.4, 0.5) is 10.1 Å². The molecule has 2 aromatic rings. The zero-order valence-corrected chi connectivity index (χ0v) is 13.3. The van der Waals surface area contributed by atoms with Crippen LogP contribution in [0.3, 0.4) is 0 Å². The monoisotopic (exact) mass is 331 g/mol. The summed E-state index contributed by atoms with van der Waals surface area (Å²) < 4.78 is 18.2. The number of hydrogen-bond donors (Lipinski definition) is 0. The molecule has 0 aliphatic rings. The van der Waals surface area contributed by atoms with Gasteiger partial charge in [0.2, 0.25) is 0 Å². The highest BCUT2D eigenvalue weighted by Crippen LogP contribution is 2.24. The largest absolute Gasteiger partial charge is 0.479 e. The first kappa shape index (κ1) is 16.9. The Morgan fingerprint density at radius 3 is 2.65 bits per heavy atom. The summed E-state index contributed by atoms with van der Waals surface area (Å²) in [5.41, 5.74) is 0.789. The number of carbonyl (C=O) groups excluding carboxylic acids is 1. The van der Waals surface area contributed by atoms with Crippen LogP contribution >= 0.6 is 11.6 Å². The average Bonchev–Trinajstić information content (AvgIpc) is 2.55. The molecular weight excluding hydrogens is 317 g/mol. The highest BCUT2D eigenvalue weighted by Gasteiger charge is 2.10. The highest BCUT2D eigenvalue weighted by molar-refractivity contribution is 6.32. The van der Waals surface area contributed by atoms with Gasteiger partial charge in [0.15, 0.2) is 0 Å². The smallest absolute Gasteiger partial charge is 0.302 e. The molecular formula is C18H15ClFNO2. The molecule has 3 nitrogen and oxygen atoms in total. The molecule has 0 spiro atoms. The maximum absolute atomic E-state index is 12.9. The van der Waals surface area contributed by atoms with Crippen molar-refractivity contribution < 1.29 is 13.9 Å². The van der Waals surface area contributed by atoms with E-state index in [9.17, 15) is 9.18 Å². The molecule has 0 saturated carbocycles. The first-order valence-electron chi connectivity index (χ1n) is 7.05. The van der Waals surface area contributed by atoms with Crippen LogP contribution in [-0.2, 0) is 4.79 Å². The molecule has 2 aromatic carbocycles. The van der Waals surface area contributed by atoms with Gasteiger partial charge >= 0.3 is 5.91 Å². The number of halogens is 2. The highest BCUT2D eigenvalue weighted by atomic mass is 35.5. The fraction of sp³-hybridized carbons (Fsp3) is 0.167. The van der Waals surface area contributed by atoms with Crippen molar-refractivity contribution in [2.75, 3.05) is 18.1 Å². The van der Waals surface area contributed by atoms with Crippen molar-refractivity contribution >= 4 is 23.2 Å². The van der Waals surface area contributed by atoms with E-state index in [0.29, 0.717) is 12.3 Å². The van der Waals surface area contributed by atoms with Gasteiger partial charge in [-0.1, -0.05) is 35.7 Å². The van der Waals surface area contributed by atoms with Gasteiger partial charge in [0.1, 0.15) is 18.2 Å². The molecule has 0 atom stereocenters. The minimum absolute atomic E-state index is 0.0105. The molecule has 1 amide bonds. The van der Waals surface area contributed by atoms with Gasteiger partial charge in [0, 0.05) is 12.2 Å². The van der Waals surface area contributed by atoms with Gasteiger partial charge in [-0.25, -0.2) is 4.39 Å². The second-order valence-corrected chi connectivity index (χ2v) is 4.96. The van der Waals surface area contributed by atoms with E-state index < -0.39 is 5.82 Å². The predicted octanol–water partition coefficient (Wildman–Crippen LogP) is 3.91. The van der Waals surface area contributed by atoms with E-state index in [4.69, 9.17) is 16.3 Å². The van der Waals surface area contributed by atoms with Crippen molar-refractivity contribution in [2.24, 2.45) is 0 Å². The topological polar surface area (TPSA) is 29.5 Å². The van der Waals surface area contributed by atoms with Crippen molar-refractivity contribution in [3.8, 4) is 17.6 Å². The van der Waals surface area contributed by atoms with E-state index in [1.807, 2.05) is 37.3 Å². The Kier molecular flexibility index (Phi) is 6.02. The molecule has 118 valence electrons. The molecule has 0 bridgehead atoms. The standard InChI is InChI=1S/C18H15ClFNO2/c1-2-21(15-7-4-3-5-8-15)18(22)9-6-12-23-17-11-10-14(20)13-16(17)19/h3-5,7-8,10-11,13H,2,12H2,1H3. The Labute approximate surface area is 139 Å². The van der Waals surface area contributed by atoms with Crippen molar-refractivity contribution in [1.82, 2.24) is 0 Å². The summed E-state index contributed by atoms with van der Waals surface area (Å²) in [7, 11) is 0. The summed E-state index contributed by atoms with van der Waals surface area (Å²) in [4.78, 5) is 13.7. The van der Waals surface area contributed by atoms with E-state index >= 15 is 0 Å². The van der Waals surface area contributed by atoms with E-state index in [1.54, 1.807) is 4.90 Å². The SMILES string of the molecule is CCN(C(=O)C#CCOc1ccc(F)cc1Cl)c1ccccc1. The van der Waals surface area contributed by atoms with Gasteiger partial charge in [0.25, 0.3) is 0 Å². The summed E-state index contributed by atoms with van der Waals surface area (Å²) in [6.45, 7) is 2.38. The number of rotatable bonds is 4. The van der Waals surface area contributed by atoms with Gasteiger partial charge < -0.3 is 9.64 Å². The van der Waals surface area contributed by atoms with Crippen molar-refractivity contribution in [1.29, 1.82) is 0 Å². The van der Waals surface area contributed by atoms with Crippen LogP contribution in [0.2, 0.25) is 5.02 Å². The molecule has 2 rings (SSSR count). The maximum Gasteiger partial charge on any atom is 0.302 e. The molecule has 0 N–H and O–H groups in total. The van der Waals surface area contributed by atoms with Crippen molar-refractivity contribution in [3.63, 3.8) is 0 Å². The third kappa shape index (κ3) is 4.73. The summed E-state index contributed by atoms with van der Waals surface area (Å²) >= 11 is 5.84. The number of para-hydroxylation sites is 1. The van der Waals surface area contributed by atoms with Crippen LogP contribution in [0.25, 0.3) is 0 Å². The van der Waals surface area contributed by atoms with Crippen LogP contribution in [0, 0.1) is 17.7 Å². The normalized spacial score (nSPS) is 9.70. The molecule has 0 unspecified atom stereocenters. The lowest BCUT2D eigenvalue weighted by molar-refractivity contribution is -0.113. The Morgan fingerprint density at radius 2 is 2.00 bits per heavy atom. The molecule has 0 aliphatic heterocycles. The van der Waals surface area contributed by atoms with Gasteiger partial charge in [-0.3, -0.25) is 4.79 Å². The lowest BCUT2D eigenvalue weighted by Gasteiger charge is -2.17. The number of ether oxygens (including phenoxy) is 1. The summed E-state index contributed by atoms with van der Waals surface area (Å²) in [6.07, 6.45) is 0. The average molecular weight is 332 g/mol. The van der Waals surface area contributed by atoms with Crippen molar-refractivity contribution in [2.45, 2.75) is 6.92 Å². The van der Waals surface area contributed by atoms with Crippen LogP contribution in [0.15, 0.2) is 48.5 Å². The van der Waals surface area contributed by atoms with Gasteiger partial charge in [-0.2, -0.15) is 0 Å². The van der Waals surface area contributed by atoms with E-state index in [1.165, 1.54) is 12.1 Å². The first-order chi connectivity index (χ1) is 11.1. The lowest BCUT2D eigenvalue weighted by Crippen LogP contribution is -2.29. The zero-order valence-electron chi connectivity index (χ0n) is 12.6. The molecule has 0 saturated heterocycles. The molecule has 5 heteroatoms. The van der Waals surface area contributed by atoms with E-state index in [-0.39, 0.29) is 17.5 Å². The summed E-state index contributed by atoms with van der Waals surface area (Å²) in [6, 6.07) is 13.1. The molecule has 0 aliphatic carbocycles. The van der Waals surface area contributed by atoms with Gasteiger partial charge in [-0.05, 0) is 43.2 Å². The molecule has 0 radical (unpaired) electrons. The Morgan fingerprint density at radius 1 is 1.26 bits per heavy atom. The predicted molar refractivity (Wildman–Crippen MR) is 89.2 cm³/mol. The fourth-order valence-electron chi connectivity index (χ4n) is 1.94. The maximum atomic E-state index is 12.9. The number of carbonyl (C=O) groups is 1. The lowest BCUT2D eigenvalue weighted by atomic mass is 10.3. The number of anilines is 1. The molecule has 0 aromatic heterocycles. The summed E-state index contributed by atoms with van der Waals surface area (Å²) in [5.74, 6) is 4.74. The first-order valence-corrected chi connectivity index (χ1v) is 7.43. The second kappa shape index (κ2) is 8.21. The number of amides is 1. The van der Waals surface area contributed by atoms with Crippen LogP contribution in [-0.4, -0.2) is 19.1 Å². The summed E-state index contributed by atoms with van der Waals surface area (Å²) in [5, 5.41) is 0.164. The zero-order chi connectivity index (χ0) is 16.7. The van der Waals surface area contributed by atoms with Crippen molar-refractivity contribution in [3.05, 3.63) is 59.4 Å². The number of benzene rings is 2. The second-order valence-electron chi connectivity index (χ2n) is 4.55. The Bertz CT molecular complexity index is 738. The van der Waals surface area contributed by atoms with Crippen LogP contribution < -0.4 is 9.64 Å².